The van der Waals surface area contributed by atoms with Gasteiger partial charge in [0.1, 0.15) is 5.70 Å². The zero-order valence-electron chi connectivity index (χ0n) is 16.3. The number of carbonyl (C=O) groups is 1. The molecule has 168 valence electrons. The number of hydrazine groups is 1. The number of likely N-dealkylation sites (N-methyl/N-ethyl adjacent to an activating group) is 1. The molecule has 0 aliphatic carbocycles. The molecule has 0 spiro atoms. The molecule has 0 saturated carbocycles. The first-order chi connectivity index (χ1) is 14.3. The van der Waals surface area contributed by atoms with Gasteiger partial charge in [-0.05, 0) is 29.3 Å². The standard InChI is InChI=1S/C20H20F6N4O/c1-29(10-13-5-3-2-4-6-13)18(31)17(27)12-30(28)11-14-7-15(19(21,22)23)9-16(8-14)20(24,25)26/h2-9,12H,10-11,27-28H2,1H3/b17-12-. The molecule has 0 heterocycles. The number of amides is 1. The van der Waals surface area contributed by atoms with Gasteiger partial charge < -0.3 is 15.6 Å². The highest BCUT2D eigenvalue weighted by molar-refractivity contribution is 5.92. The minimum Gasteiger partial charge on any atom is -0.393 e. The average Bonchev–Trinajstić information content (AvgIpc) is 2.66. The van der Waals surface area contributed by atoms with Crippen LogP contribution in [0.4, 0.5) is 26.3 Å². The third-order valence-electron chi connectivity index (χ3n) is 4.17. The van der Waals surface area contributed by atoms with Gasteiger partial charge in [-0.1, -0.05) is 30.3 Å². The van der Waals surface area contributed by atoms with Gasteiger partial charge in [-0.25, -0.2) is 5.84 Å². The predicted molar refractivity (Wildman–Crippen MR) is 101 cm³/mol. The third kappa shape index (κ3) is 6.92. The number of nitrogens with two attached hydrogens (primary N) is 2. The summed E-state index contributed by atoms with van der Waals surface area (Å²) in [5.41, 5.74) is 2.95. The van der Waals surface area contributed by atoms with Crippen LogP contribution in [0.15, 0.2) is 60.4 Å². The summed E-state index contributed by atoms with van der Waals surface area (Å²) in [6.45, 7) is -0.301. The molecular weight excluding hydrogens is 426 g/mol. The molecule has 2 aromatic rings. The molecule has 0 bridgehead atoms. The Bertz CT molecular complexity index is 909. The number of rotatable bonds is 6. The first-order valence-corrected chi connectivity index (χ1v) is 8.83. The molecule has 0 aromatic heterocycles. The summed E-state index contributed by atoms with van der Waals surface area (Å²) < 4.78 is 77.8. The Balaban J connectivity index is 2.17. The lowest BCUT2D eigenvalue weighted by atomic mass is 10.0. The minimum atomic E-state index is -4.97. The monoisotopic (exact) mass is 446 g/mol. The van der Waals surface area contributed by atoms with Crippen LogP contribution in [-0.4, -0.2) is 22.9 Å². The van der Waals surface area contributed by atoms with E-state index in [1.807, 2.05) is 6.07 Å². The molecule has 0 atom stereocenters. The quantitative estimate of drug-likeness (QED) is 0.306. The maximum Gasteiger partial charge on any atom is 0.416 e. The first-order valence-electron chi connectivity index (χ1n) is 8.83. The largest absolute Gasteiger partial charge is 0.416 e. The molecule has 0 unspecified atom stereocenters. The molecule has 0 saturated heterocycles. The maximum atomic E-state index is 13.0. The lowest BCUT2D eigenvalue weighted by Gasteiger charge is -2.20. The van der Waals surface area contributed by atoms with Crippen LogP contribution in [-0.2, 0) is 30.2 Å². The van der Waals surface area contributed by atoms with Crippen LogP contribution in [0.1, 0.15) is 22.3 Å². The summed E-state index contributed by atoms with van der Waals surface area (Å²) in [7, 11) is 1.49. The summed E-state index contributed by atoms with van der Waals surface area (Å²) in [6.07, 6.45) is -8.99. The van der Waals surface area contributed by atoms with E-state index in [4.69, 9.17) is 11.6 Å². The second kappa shape index (κ2) is 9.29. The Labute approximate surface area is 174 Å². The zero-order valence-corrected chi connectivity index (χ0v) is 16.3. The van der Waals surface area contributed by atoms with Crippen molar-refractivity contribution in [1.82, 2.24) is 9.91 Å². The summed E-state index contributed by atoms with van der Waals surface area (Å²) in [5.74, 6) is 5.05. The second-order valence-corrected chi connectivity index (χ2v) is 6.82. The molecule has 5 nitrogen and oxygen atoms in total. The van der Waals surface area contributed by atoms with Crippen molar-refractivity contribution in [1.29, 1.82) is 0 Å². The van der Waals surface area contributed by atoms with Crippen molar-refractivity contribution in [3.05, 3.63) is 82.7 Å². The summed E-state index contributed by atoms with van der Waals surface area (Å²) in [6, 6.07) is 10.1. The van der Waals surface area contributed by atoms with Crippen molar-refractivity contribution in [2.24, 2.45) is 11.6 Å². The van der Waals surface area contributed by atoms with E-state index < -0.39 is 35.9 Å². The highest BCUT2D eigenvalue weighted by Crippen LogP contribution is 2.36. The van der Waals surface area contributed by atoms with Crippen molar-refractivity contribution in [2.75, 3.05) is 7.05 Å². The van der Waals surface area contributed by atoms with Gasteiger partial charge in [0.05, 0.1) is 17.7 Å². The van der Waals surface area contributed by atoms with Gasteiger partial charge in [0.15, 0.2) is 0 Å². The van der Waals surface area contributed by atoms with Crippen molar-refractivity contribution in [3.63, 3.8) is 0 Å². The highest BCUT2D eigenvalue weighted by Gasteiger charge is 2.36. The van der Waals surface area contributed by atoms with Crippen LogP contribution in [0.5, 0.6) is 0 Å². The van der Waals surface area contributed by atoms with Gasteiger partial charge in [-0.3, -0.25) is 4.79 Å². The van der Waals surface area contributed by atoms with E-state index >= 15 is 0 Å². The van der Waals surface area contributed by atoms with Gasteiger partial charge in [0.25, 0.3) is 5.91 Å². The van der Waals surface area contributed by atoms with Crippen molar-refractivity contribution in [2.45, 2.75) is 25.4 Å². The molecule has 31 heavy (non-hydrogen) atoms. The van der Waals surface area contributed by atoms with Gasteiger partial charge >= 0.3 is 12.4 Å². The number of halogens is 6. The molecule has 0 aliphatic rings. The second-order valence-electron chi connectivity index (χ2n) is 6.82. The first kappa shape index (κ1) is 24.1. The van der Waals surface area contributed by atoms with Crippen molar-refractivity contribution in [3.8, 4) is 0 Å². The minimum absolute atomic E-state index is 0.0244. The van der Waals surface area contributed by atoms with Crippen molar-refractivity contribution >= 4 is 5.91 Å². The molecule has 4 N–H and O–H groups in total. The molecule has 2 aromatic carbocycles. The van der Waals surface area contributed by atoms with E-state index in [0.717, 1.165) is 16.8 Å². The molecule has 0 radical (unpaired) electrons. The fourth-order valence-corrected chi connectivity index (χ4v) is 2.75. The Morgan fingerprint density at radius 1 is 0.903 bits per heavy atom. The van der Waals surface area contributed by atoms with E-state index in [1.54, 1.807) is 24.3 Å². The van der Waals surface area contributed by atoms with E-state index in [-0.39, 0.29) is 23.9 Å². The number of carbonyl (C=O) groups excluding carboxylic acids is 1. The van der Waals surface area contributed by atoms with E-state index in [0.29, 0.717) is 12.1 Å². The predicted octanol–water partition coefficient (Wildman–Crippen LogP) is 3.86. The smallest absolute Gasteiger partial charge is 0.393 e. The lowest BCUT2D eigenvalue weighted by molar-refractivity contribution is -0.143. The summed E-state index contributed by atoms with van der Waals surface area (Å²) in [5, 5.41) is 0.749. The Morgan fingerprint density at radius 2 is 1.42 bits per heavy atom. The topological polar surface area (TPSA) is 75.6 Å². The maximum absolute atomic E-state index is 13.0. The Hall–Kier alpha value is -3.21. The van der Waals surface area contributed by atoms with Crippen LogP contribution in [0.25, 0.3) is 0 Å². The highest BCUT2D eigenvalue weighted by atomic mass is 19.4. The van der Waals surface area contributed by atoms with Crippen LogP contribution in [0.2, 0.25) is 0 Å². The van der Waals surface area contributed by atoms with E-state index in [9.17, 15) is 31.1 Å². The van der Waals surface area contributed by atoms with Gasteiger partial charge in [0.2, 0.25) is 0 Å². The SMILES string of the molecule is CN(Cc1ccccc1)C(=O)/C(N)=C/N(N)Cc1cc(C(F)(F)F)cc(C(F)(F)F)c1. The molecule has 0 fully saturated rings. The fourth-order valence-electron chi connectivity index (χ4n) is 2.75. The lowest BCUT2D eigenvalue weighted by Crippen LogP contribution is -2.34. The van der Waals surface area contributed by atoms with Crippen LogP contribution >= 0.6 is 0 Å². The van der Waals surface area contributed by atoms with Crippen LogP contribution in [0, 0.1) is 0 Å². The molecule has 2 rings (SSSR count). The van der Waals surface area contributed by atoms with E-state index in [2.05, 4.69) is 0 Å². The van der Waals surface area contributed by atoms with Gasteiger partial charge in [0, 0.05) is 19.8 Å². The Kier molecular flexibility index (Phi) is 7.21. The molecule has 1 amide bonds. The molecule has 0 aliphatic heterocycles. The van der Waals surface area contributed by atoms with Gasteiger partial charge in [-0.2, -0.15) is 26.3 Å². The fraction of sp³-hybridized carbons (Fsp3) is 0.250. The average molecular weight is 446 g/mol. The van der Waals surface area contributed by atoms with E-state index in [1.165, 1.54) is 11.9 Å². The van der Waals surface area contributed by atoms with Gasteiger partial charge in [-0.15, -0.1) is 0 Å². The normalized spacial score (nSPS) is 12.6. The Morgan fingerprint density at radius 3 is 1.90 bits per heavy atom. The van der Waals surface area contributed by atoms with Crippen LogP contribution < -0.4 is 11.6 Å². The molecular formula is C20H20F6N4O. The number of hydrogen-bond acceptors (Lipinski definition) is 4. The number of nitrogens with zero attached hydrogens (tertiary/aromatic N) is 2. The third-order valence-corrected chi connectivity index (χ3v) is 4.17. The molecule has 11 heteroatoms. The summed E-state index contributed by atoms with van der Waals surface area (Å²) >= 11 is 0. The summed E-state index contributed by atoms with van der Waals surface area (Å²) in [4.78, 5) is 13.7. The number of hydrogen-bond donors (Lipinski definition) is 2. The van der Waals surface area contributed by atoms with Crippen LogP contribution in [0.3, 0.4) is 0 Å². The zero-order chi connectivity index (χ0) is 23.4. The number of benzene rings is 2. The van der Waals surface area contributed by atoms with Crippen molar-refractivity contribution < 1.29 is 31.1 Å². The number of alkyl halides is 6.